The number of aliphatic hydroxyl groups is 2. The summed E-state index contributed by atoms with van der Waals surface area (Å²) in [4.78, 5) is 9.65. The second-order valence-electron chi connectivity index (χ2n) is 5.06. The first kappa shape index (κ1) is 17.2. The van der Waals surface area contributed by atoms with Crippen molar-refractivity contribution >= 4 is 7.82 Å². The van der Waals surface area contributed by atoms with E-state index in [2.05, 4.69) is 0 Å². The maximum atomic E-state index is 11.8. The molecule has 0 bridgehead atoms. The molecule has 3 unspecified atom stereocenters. The maximum absolute atomic E-state index is 11.8. The van der Waals surface area contributed by atoms with Crippen LogP contribution in [0, 0.1) is 0 Å². The molecule has 21 heavy (non-hydrogen) atoms. The van der Waals surface area contributed by atoms with Crippen LogP contribution >= 0.6 is 7.82 Å². The molecule has 0 aromatic heterocycles. The van der Waals surface area contributed by atoms with Gasteiger partial charge in [0.25, 0.3) is 0 Å². The predicted octanol–water partition coefficient (Wildman–Crippen LogP) is -2.01. The summed E-state index contributed by atoms with van der Waals surface area (Å²) in [5.41, 5.74) is 11.0. The molecule has 2 saturated heterocycles. The number of hydrogen-bond acceptors (Lipinski definition) is 9. The molecule has 2 fully saturated rings. The maximum Gasteiger partial charge on any atom is 0.472 e. The summed E-state index contributed by atoms with van der Waals surface area (Å²) in [5.74, 6) is 0. The molecule has 0 amide bonds. The van der Waals surface area contributed by atoms with E-state index in [4.69, 9.17) is 35.1 Å². The van der Waals surface area contributed by atoms with E-state index in [1.54, 1.807) is 0 Å². The number of ether oxygens (including phenoxy) is 2. The van der Waals surface area contributed by atoms with Crippen molar-refractivity contribution in [2.24, 2.45) is 11.5 Å². The van der Waals surface area contributed by atoms with Crippen molar-refractivity contribution in [3.63, 3.8) is 0 Å². The van der Waals surface area contributed by atoms with Crippen LogP contribution in [0.5, 0.6) is 0 Å². The van der Waals surface area contributed by atoms with Gasteiger partial charge in [0.05, 0.1) is 19.3 Å². The van der Waals surface area contributed by atoms with E-state index in [-0.39, 0.29) is 19.4 Å². The monoisotopic (exact) mass is 328 g/mol. The van der Waals surface area contributed by atoms with Crippen molar-refractivity contribution in [1.29, 1.82) is 0 Å². The smallest absolute Gasteiger partial charge is 0.394 e. The second-order valence-corrected chi connectivity index (χ2v) is 6.46. The predicted molar refractivity (Wildman–Crippen MR) is 68.7 cm³/mol. The zero-order valence-corrected chi connectivity index (χ0v) is 12.2. The summed E-state index contributed by atoms with van der Waals surface area (Å²) >= 11 is 0. The van der Waals surface area contributed by atoms with Gasteiger partial charge in [-0.3, -0.25) is 9.05 Å². The van der Waals surface area contributed by atoms with E-state index in [9.17, 15) is 14.6 Å². The van der Waals surface area contributed by atoms with E-state index >= 15 is 0 Å². The molecular formula is C10H21N2O8P. The van der Waals surface area contributed by atoms with Gasteiger partial charge >= 0.3 is 7.82 Å². The molecule has 11 heteroatoms. The molecule has 7 N–H and O–H groups in total. The largest absolute Gasteiger partial charge is 0.472 e. The fourth-order valence-corrected chi connectivity index (χ4v) is 3.26. The Bertz CT molecular complexity index is 399. The minimum Gasteiger partial charge on any atom is -0.394 e. The molecule has 10 nitrogen and oxygen atoms in total. The fraction of sp³-hybridized carbons (Fsp3) is 1.00. The summed E-state index contributed by atoms with van der Waals surface area (Å²) in [5, 5.41) is 18.7. The highest BCUT2D eigenvalue weighted by molar-refractivity contribution is 7.47. The van der Waals surface area contributed by atoms with E-state index in [1.165, 1.54) is 0 Å². The van der Waals surface area contributed by atoms with Crippen LogP contribution in [0.3, 0.4) is 0 Å². The Kier molecular flexibility index (Phi) is 5.71. The number of rotatable bonds is 6. The lowest BCUT2D eigenvalue weighted by Gasteiger charge is -2.21. The topological polar surface area (TPSA) is 167 Å². The van der Waals surface area contributed by atoms with Crippen molar-refractivity contribution in [2.45, 2.75) is 49.7 Å². The highest BCUT2D eigenvalue weighted by Gasteiger charge is 2.40. The number of phosphoric acid groups is 1. The van der Waals surface area contributed by atoms with Gasteiger partial charge in [-0.1, -0.05) is 0 Å². The standard InChI is InChI=1S/C10H21N2O8P/c11-9-1-5(14)8(19-9)4-17-21(15,16)20-6-2-10(12)18-7(6)3-13/h5-10,13-14H,1-4,11-12H2,(H,15,16)/t5?,6?,7-,8-,9-,10-/m1/s1. The summed E-state index contributed by atoms with van der Waals surface area (Å²) in [6.45, 7) is -0.732. The van der Waals surface area contributed by atoms with Crippen LogP contribution in [0.15, 0.2) is 0 Å². The average Bonchev–Trinajstić information content (AvgIpc) is 2.88. The molecule has 2 heterocycles. The van der Waals surface area contributed by atoms with Gasteiger partial charge in [-0.2, -0.15) is 0 Å². The molecule has 2 rings (SSSR count). The third-order valence-electron chi connectivity index (χ3n) is 3.33. The number of aliphatic hydroxyl groups excluding tert-OH is 2. The Hall–Kier alpha value is -0.130. The first-order valence-corrected chi connectivity index (χ1v) is 8.07. The van der Waals surface area contributed by atoms with E-state index in [0.29, 0.717) is 0 Å². The number of nitrogens with two attached hydrogens (primary N) is 2. The van der Waals surface area contributed by atoms with E-state index in [1.807, 2.05) is 0 Å². The summed E-state index contributed by atoms with van der Waals surface area (Å²) in [6, 6.07) is 0. The lowest BCUT2D eigenvalue weighted by atomic mass is 10.2. The van der Waals surface area contributed by atoms with Crippen LogP contribution in [0.1, 0.15) is 12.8 Å². The van der Waals surface area contributed by atoms with Crippen molar-refractivity contribution in [1.82, 2.24) is 0 Å². The molecule has 0 aromatic carbocycles. The molecule has 7 atom stereocenters. The van der Waals surface area contributed by atoms with Gasteiger partial charge in [0.15, 0.2) is 0 Å². The summed E-state index contributed by atoms with van der Waals surface area (Å²) in [7, 11) is -4.40. The summed E-state index contributed by atoms with van der Waals surface area (Å²) < 4.78 is 31.8. The molecule has 124 valence electrons. The molecule has 0 saturated carbocycles. The molecule has 2 aliphatic rings. The minimum absolute atomic E-state index is 0.159. The van der Waals surface area contributed by atoms with Gasteiger partial charge in [0, 0.05) is 12.8 Å². The third kappa shape index (κ3) is 4.67. The molecule has 0 spiro atoms. The quantitative estimate of drug-likeness (QED) is 0.344. The molecule has 0 aromatic rings. The number of phosphoric ester groups is 1. The summed E-state index contributed by atoms with van der Waals surface area (Å²) in [6.07, 6.45) is -4.22. The Morgan fingerprint density at radius 3 is 2.38 bits per heavy atom. The zero-order valence-electron chi connectivity index (χ0n) is 11.3. The molecular weight excluding hydrogens is 307 g/mol. The molecule has 2 aliphatic heterocycles. The van der Waals surface area contributed by atoms with Gasteiger partial charge in [0.2, 0.25) is 0 Å². The second kappa shape index (κ2) is 6.97. The van der Waals surface area contributed by atoms with Gasteiger partial charge in [0.1, 0.15) is 30.8 Å². The fourth-order valence-electron chi connectivity index (χ4n) is 2.30. The normalized spacial score (nSPS) is 43.1. The van der Waals surface area contributed by atoms with Crippen LogP contribution in [0.25, 0.3) is 0 Å². The Morgan fingerprint density at radius 1 is 1.19 bits per heavy atom. The Labute approximate surface area is 121 Å². The van der Waals surface area contributed by atoms with Gasteiger partial charge in [-0.25, -0.2) is 4.57 Å². The van der Waals surface area contributed by atoms with Crippen LogP contribution in [-0.4, -0.2) is 65.2 Å². The average molecular weight is 328 g/mol. The highest BCUT2D eigenvalue weighted by atomic mass is 31.2. The van der Waals surface area contributed by atoms with Crippen LogP contribution in [-0.2, 0) is 23.1 Å². The van der Waals surface area contributed by atoms with Gasteiger partial charge in [-0.05, 0) is 0 Å². The zero-order chi connectivity index (χ0) is 15.6. The first-order valence-electron chi connectivity index (χ1n) is 6.57. The number of hydrogen-bond donors (Lipinski definition) is 5. The third-order valence-corrected chi connectivity index (χ3v) is 4.34. The van der Waals surface area contributed by atoms with Crippen molar-refractivity contribution in [3.8, 4) is 0 Å². The first-order chi connectivity index (χ1) is 9.80. The van der Waals surface area contributed by atoms with Gasteiger partial charge in [-0.15, -0.1) is 0 Å². The molecule has 0 radical (unpaired) electrons. The van der Waals surface area contributed by atoms with Crippen molar-refractivity contribution < 1.29 is 38.2 Å². The SMILES string of the molecule is N[C@H]1CC(O)[C@@H](COP(=O)(O)OC2C[C@H](N)O[C@@H]2CO)O1. The Balaban J connectivity index is 1.83. The Morgan fingerprint density at radius 2 is 1.81 bits per heavy atom. The van der Waals surface area contributed by atoms with E-state index < -0.39 is 51.3 Å². The van der Waals surface area contributed by atoms with Crippen LogP contribution in [0.2, 0.25) is 0 Å². The van der Waals surface area contributed by atoms with Gasteiger partial charge < -0.3 is 36.0 Å². The van der Waals surface area contributed by atoms with Crippen LogP contribution < -0.4 is 11.5 Å². The van der Waals surface area contributed by atoms with E-state index in [0.717, 1.165) is 0 Å². The van der Waals surface area contributed by atoms with Crippen molar-refractivity contribution in [2.75, 3.05) is 13.2 Å². The molecule has 0 aliphatic carbocycles. The highest BCUT2D eigenvalue weighted by Crippen LogP contribution is 2.47. The van der Waals surface area contributed by atoms with Crippen molar-refractivity contribution in [3.05, 3.63) is 0 Å². The lowest BCUT2D eigenvalue weighted by molar-refractivity contribution is -0.0371. The van der Waals surface area contributed by atoms with Crippen LogP contribution in [0.4, 0.5) is 0 Å². The lowest BCUT2D eigenvalue weighted by Crippen LogP contribution is -2.29. The minimum atomic E-state index is -4.40.